The molecule has 2 nitrogen and oxygen atoms in total. The first-order valence-electron chi connectivity index (χ1n) is 11.3. The smallest absolute Gasteiger partial charge is 0.0466 e. The van der Waals surface area contributed by atoms with E-state index >= 15 is 0 Å². The Bertz CT molecular complexity index is 685. The Morgan fingerprint density at radius 2 is 1.38 bits per heavy atom. The Morgan fingerprint density at radius 1 is 0.828 bits per heavy atom. The molecular weight excluding hydrogens is 373 g/mol. The van der Waals surface area contributed by atoms with Gasteiger partial charge in [-0.2, -0.15) is 0 Å². The molecule has 2 atom stereocenters. The van der Waals surface area contributed by atoms with Crippen molar-refractivity contribution in [1.29, 1.82) is 0 Å². The highest BCUT2D eigenvalue weighted by atomic mass is 31.1. The maximum atomic E-state index is 8.10. The van der Waals surface area contributed by atoms with Crippen LogP contribution >= 0.6 is 7.92 Å². The van der Waals surface area contributed by atoms with E-state index in [2.05, 4.69) is 79.7 Å². The fourth-order valence-corrected chi connectivity index (χ4v) is 8.35. The van der Waals surface area contributed by atoms with Crippen LogP contribution in [0.1, 0.15) is 58.8 Å². The van der Waals surface area contributed by atoms with Crippen molar-refractivity contribution in [2.45, 2.75) is 64.5 Å². The first-order valence-corrected chi connectivity index (χ1v) is 12.7. The number of hydrogen-bond donors (Lipinski definition) is 1. The van der Waals surface area contributed by atoms with E-state index < -0.39 is 0 Å². The SMILES string of the molecule is CC(C)C1CCCC1P(c1ccccc1)c1ccccc1.O/N=C\C1CCCC1. The summed E-state index contributed by atoms with van der Waals surface area (Å²) >= 11 is 0. The zero-order valence-electron chi connectivity index (χ0n) is 18.0. The van der Waals surface area contributed by atoms with Crippen LogP contribution in [0.3, 0.4) is 0 Å². The molecule has 0 spiro atoms. The van der Waals surface area contributed by atoms with E-state index in [9.17, 15) is 0 Å². The lowest BCUT2D eigenvalue weighted by atomic mass is 9.94. The van der Waals surface area contributed by atoms with Gasteiger partial charge in [-0.3, -0.25) is 0 Å². The average molecular weight is 410 g/mol. The van der Waals surface area contributed by atoms with Gasteiger partial charge in [-0.1, -0.05) is 93.8 Å². The van der Waals surface area contributed by atoms with Gasteiger partial charge in [-0.15, -0.1) is 5.16 Å². The number of benzene rings is 2. The normalized spacial score (nSPS) is 22.3. The van der Waals surface area contributed by atoms with Crippen molar-refractivity contribution in [3.8, 4) is 0 Å². The van der Waals surface area contributed by atoms with Crippen LogP contribution in [-0.4, -0.2) is 17.1 Å². The Labute approximate surface area is 178 Å². The second-order valence-corrected chi connectivity index (χ2v) is 11.2. The number of hydrogen-bond acceptors (Lipinski definition) is 2. The third-order valence-corrected chi connectivity index (χ3v) is 9.48. The largest absolute Gasteiger partial charge is 0.411 e. The quantitative estimate of drug-likeness (QED) is 0.257. The summed E-state index contributed by atoms with van der Waals surface area (Å²) in [7, 11) is -0.224. The summed E-state index contributed by atoms with van der Waals surface area (Å²) in [5.74, 6) is 2.26. The lowest BCUT2D eigenvalue weighted by Gasteiger charge is -2.32. The highest BCUT2D eigenvalue weighted by Crippen LogP contribution is 2.51. The Kier molecular flexibility index (Phi) is 8.74. The predicted molar refractivity (Wildman–Crippen MR) is 127 cm³/mol. The highest BCUT2D eigenvalue weighted by molar-refractivity contribution is 7.73. The van der Waals surface area contributed by atoms with Gasteiger partial charge in [0.2, 0.25) is 0 Å². The van der Waals surface area contributed by atoms with E-state index in [4.69, 9.17) is 5.21 Å². The molecule has 2 aromatic rings. The molecule has 0 saturated heterocycles. The molecule has 2 aromatic carbocycles. The molecule has 4 rings (SSSR count). The van der Waals surface area contributed by atoms with Gasteiger partial charge in [0.1, 0.15) is 0 Å². The minimum atomic E-state index is -0.224. The van der Waals surface area contributed by atoms with Gasteiger partial charge in [-0.25, -0.2) is 0 Å². The molecule has 2 saturated carbocycles. The zero-order valence-corrected chi connectivity index (χ0v) is 18.8. The van der Waals surface area contributed by atoms with E-state index in [-0.39, 0.29) is 7.92 Å². The summed E-state index contributed by atoms with van der Waals surface area (Å²) < 4.78 is 0. The molecule has 0 radical (unpaired) electrons. The van der Waals surface area contributed by atoms with Gasteiger partial charge in [0.15, 0.2) is 0 Å². The maximum absolute atomic E-state index is 8.10. The summed E-state index contributed by atoms with van der Waals surface area (Å²) in [5.41, 5.74) is 0.852. The number of rotatable bonds is 5. The van der Waals surface area contributed by atoms with Gasteiger partial charge >= 0.3 is 0 Å². The van der Waals surface area contributed by atoms with E-state index in [1.165, 1.54) is 44.9 Å². The van der Waals surface area contributed by atoms with Crippen LogP contribution in [0.25, 0.3) is 0 Å². The Balaban J connectivity index is 0.000000252. The standard InChI is InChI=1S/C20H25P.C6H11NO/c1-16(2)19-14-9-15-20(19)21(17-10-5-3-6-11-17)18-12-7-4-8-13-18;8-7-5-6-3-1-2-4-6/h3-8,10-13,16,19-20H,9,14-15H2,1-2H3;5-6,8H,1-4H2/b;7-5-. The van der Waals surface area contributed by atoms with Crippen LogP contribution < -0.4 is 10.6 Å². The van der Waals surface area contributed by atoms with E-state index in [0.29, 0.717) is 5.92 Å². The molecule has 2 fully saturated rings. The molecule has 3 heteroatoms. The summed E-state index contributed by atoms with van der Waals surface area (Å²) in [6.07, 6.45) is 10.9. The summed E-state index contributed by atoms with van der Waals surface area (Å²) in [6, 6.07) is 22.4. The van der Waals surface area contributed by atoms with Crippen LogP contribution in [0.4, 0.5) is 0 Å². The topological polar surface area (TPSA) is 32.6 Å². The fraction of sp³-hybridized carbons (Fsp3) is 0.500. The average Bonchev–Trinajstić information content (AvgIpc) is 3.43. The van der Waals surface area contributed by atoms with Crippen molar-refractivity contribution in [2.24, 2.45) is 22.9 Å². The second kappa shape index (κ2) is 11.5. The third-order valence-electron chi connectivity index (χ3n) is 6.47. The van der Waals surface area contributed by atoms with E-state index in [0.717, 1.165) is 17.5 Å². The molecule has 0 aromatic heterocycles. The molecule has 0 bridgehead atoms. The van der Waals surface area contributed by atoms with Gasteiger partial charge in [0.05, 0.1) is 0 Å². The minimum absolute atomic E-state index is 0.224. The molecule has 29 heavy (non-hydrogen) atoms. The van der Waals surface area contributed by atoms with Crippen LogP contribution in [-0.2, 0) is 0 Å². The molecule has 0 amide bonds. The fourth-order valence-electron chi connectivity index (χ4n) is 4.98. The van der Waals surface area contributed by atoms with Crippen LogP contribution in [0, 0.1) is 17.8 Å². The molecule has 2 unspecified atom stereocenters. The van der Waals surface area contributed by atoms with E-state index in [1.54, 1.807) is 16.8 Å². The Morgan fingerprint density at radius 3 is 1.86 bits per heavy atom. The molecule has 156 valence electrons. The van der Waals surface area contributed by atoms with Crippen molar-refractivity contribution in [3.63, 3.8) is 0 Å². The van der Waals surface area contributed by atoms with Crippen molar-refractivity contribution < 1.29 is 5.21 Å². The van der Waals surface area contributed by atoms with Crippen molar-refractivity contribution in [1.82, 2.24) is 0 Å². The van der Waals surface area contributed by atoms with Crippen molar-refractivity contribution >= 4 is 24.7 Å². The first kappa shape index (κ1) is 22.0. The van der Waals surface area contributed by atoms with Crippen LogP contribution in [0.15, 0.2) is 65.8 Å². The van der Waals surface area contributed by atoms with Gasteiger partial charge in [-0.05, 0) is 67.6 Å². The molecular formula is C26H36NOP. The van der Waals surface area contributed by atoms with Crippen LogP contribution in [0.2, 0.25) is 0 Å². The van der Waals surface area contributed by atoms with E-state index in [1.807, 2.05) is 0 Å². The van der Waals surface area contributed by atoms with Crippen molar-refractivity contribution in [3.05, 3.63) is 60.7 Å². The highest BCUT2D eigenvalue weighted by Gasteiger charge is 2.36. The van der Waals surface area contributed by atoms with Gasteiger partial charge in [0, 0.05) is 6.21 Å². The molecule has 0 heterocycles. The predicted octanol–water partition coefficient (Wildman–Crippen LogP) is 6.58. The summed E-state index contributed by atoms with van der Waals surface area (Å²) in [5, 5.41) is 14.2. The third kappa shape index (κ3) is 6.16. The molecule has 1 N–H and O–H groups in total. The zero-order chi connectivity index (χ0) is 20.5. The molecule has 2 aliphatic carbocycles. The summed E-state index contributed by atoms with van der Waals surface area (Å²) in [4.78, 5) is 0. The number of nitrogens with zero attached hydrogens (tertiary/aromatic N) is 1. The van der Waals surface area contributed by atoms with Crippen LogP contribution in [0.5, 0.6) is 0 Å². The van der Waals surface area contributed by atoms with Gasteiger partial charge < -0.3 is 5.21 Å². The lowest BCUT2D eigenvalue weighted by molar-refractivity contribution is 0.318. The molecule has 2 aliphatic rings. The maximum Gasteiger partial charge on any atom is 0.0466 e. The van der Waals surface area contributed by atoms with Gasteiger partial charge in [0.25, 0.3) is 0 Å². The lowest BCUT2D eigenvalue weighted by Crippen LogP contribution is -2.27. The summed E-state index contributed by atoms with van der Waals surface area (Å²) in [6.45, 7) is 4.82. The first-order chi connectivity index (χ1) is 14.2. The second-order valence-electron chi connectivity index (χ2n) is 8.76. The Hall–Kier alpha value is -1.66. The van der Waals surface area contributed by atoms with Crippen molar-refractivity contribution in [2.75, 3.05) is 0 Å². The monoisotopic (exact) mass is 409 g/mol. The number of oxime groups is 1. The molecule has 0 aliphatic heterocycles. The minimum Gasteiger partial charge on any atom is -0.411 e.